The van der Waals surface area contributed by atoms with Gasteiger partial charge in [-0.15, -0.1) is 0 Å². The molecule has 18 heavy (non-hydrogen) atoms. The molecule has 2 nitrogen and oxygen atoms in total. The van der Waals surface area contributed by atoms with Crippen molar-refractivity contribution in [2.24, 2.45) is 0 Å². The van der Waals surface area contributed by atoms with Crippen LogP contribution in [-0.2, 0) is 6.54 Å². The van der Waals surface area contributed by atoms with Crippen LogP contribution in [0.3, 0.4) is 0 Å². The molecule has 1 aromatic rings. The predicted octanol–water partition coefficient (Wildman–Crippen LogP) is 3.56. The molecule has 0 aliphatic carbocycles. The van der Waals surface area contributed by atoms with Crippen molar-refractivity contribution in [3.05, 3.63) is 29.6 Å². The van der Waals surface area contributed by atoms with Crippen LogP contribution < -0.4 is 10.2 Å². The van der Waals surface area contributed by atoms with Gasteiger partial charge < -0.3 is 10.2 Å². The van der Waals surface area contributed by atoms with Gasteiger partial charge in [0.15, 0.2) is 0 Å². The lowest BCUT2D eigenvalue weighted by atomic mass is 10.1. The molecule has 1 N–H and O–H groups in total. The quantitative estimate of drug-likeness (QED) is 0.746. The molecule has 1 unspecified atom stereocenters. The van der Waals surface area contributed by atoms with E-state index in [0.29, 0.717) is 6.04 Å². The van der Waals surface area contributed by atoms with Crippen LogP contribution in [0.2, 0.25) is 0 Å². The molecule has 0 fully saturated rings. The van der Waals surface area contributed by atoms with Crippen LogP contribution in [-0.4, -0.2) is 19.6 Å². The second kappa shape index (κ2) is 7.37. The van der Waals surface area contributed by atoms with Crippen LogP contribution in [0, 0.1) is 5.82 Å². The lowest BCUT2D eigenvalue weighted by molar-refractivity contribution is 0.590. The molecule has 0 heterocycles. The second-order valence-electron chi connectivity index (χ2n) is 4.79. The zero-order chi connectivity index (χ0) is 13.5. The van der Waals surface area contributed by atoms with Crippen LogP contribution in [0.25, 0.3) is 0 Å². The third-order valence-corrected chi connectivity index (χ3v) is 3.42. The van der Waals surface area contributed by atoms with Crippen LogP contribution in [0.15, 0.2) is 18.2 Å². The first-order chi connectivity index (χ1) is 8.61. The first-order valence-corrected chi connectivity index (χ1v) is 6.82. The minimum absolute atomic E-state index is 0.131. The van der Waals surface area contributed by atoms with Crippen molar-refractivity contribution in [3.63, 3.8) is 0 Å². The highest BCUT2D eigenvalue weighted by Gasteiger charge is 2.16. The standard InChI is InChI=1S/C15H25FN2/c1-5-10-17-11-13-8-7-9-14(16)15(13)18(4)12(3)6-2/h7-9,12,17H,5-6,10-11H2,1-4H3. The lowest BCUT2D eigenvalue weighted by Crippen LogP contribution is -2.30. The predicted molar refractivity (Wildman–Crippen MR) is 76.6 cm³/mol. The molecule has 3 heteroatoms. The van der Waals surface area contributed by atoms with E-state index in [-0.39, 0.29) is 5.82 Å². The van der Waals surface area contributed by atoms with E-state index < -0.39 is 0 Å². The summed E-state index contributed by atoms with van der Waals surface area (Å²) in [6, 6.07) is 5.66. The summed E-state index contributed by atoms with van der Waals surface area (Å²) in [4.78, 5) is 2.04. The maximum atomic E-state index is 14.0. The summed E-state index contributed by atoms with van der Waals surface area (Å²) in [5, 5.41) is 3.34. The third kappa shape index (κ3) is 3.70. The molecule has 0 aliphatic heterocycles. The van der Waals surface area contributed by atoms with Crippen molar-refractivity contribution in [2.75, 3.05) is 18.5 Å². The Hall–Kier alpha value is -1.09. The molecular weight excluding hydrogens is 227 g/mol. The van der Waals surface area contributed by atoms with Crippen molar-refractivity contribution >= 4 is 5.69 Å². The van der Waals surface area contributed by atoms with Crippen molar-refractivity contribution in [2.45, 2.75) is 46.2 Å². The number of hydrogen-bond donors (Lipinski definition) is 1. The molecule has 0 aromatic heterocycles. The first kappa shape index (κ1) is 15.0. The van der Waals surface area contributed by atoms with E-state index >= 15 is 0 Å². The number of benzene rings is 1. The maximum absolute atomic E-state index is 14.0. The molecule has 0 aliphatic rings. The molecule has 0 saturated carbocycles. The molecular formula is C15H25FN2. The lowest BCUT2D eigenvalue weighted by Gasteiger charge is -2.28. The Bertz CT molecular complexity index is 366. The second-order valence-corrected chi connectivity index (χ2v) is 4.79. The smallest absolute Gasteiger partial charge is 0.146 e. The molecule has 1 aromatic carbocycles. The van der Waals surface area contributed by atoms with Gasteiger partial charge in [0, 0.05) is 19.6 Å². The van der Waals surface area contributed by atoms with Gasteiger partial charge in [0.05, 0.1) is 5.69 Å². The summed E-state index contributed by atoms with van der Waals surface area (Å²) in [6.45, 7) is 8.06. The number of rotatable bonds is 7. The van der Waals surface area contributed by atoms with Crippen LogP contribution in [0.1, 0.15) is 39.2 Å². The summed E-state index contributed by atoms with van der Waals surface area (Å²) < 4.78 is 14.0. The van der Waals surface area contributed by atoms with E-state index in [2.05, 4.69) is 26.1 Å². The Morgan fingerprint density at radius 1 is 1.33 bits per heavy atom. The van der Waals surface area contributed by atoms with Gasteiger partial charge in [0.1, 0.15) is 5.82 Å². The molecule has 0 saturated heterocycles. The number of halogens is 1. The third-order valence-electron chi connectivity index (χ3n) is 3.42. The fourth-order valence-corrected chi connectivity index (χ4v) is 1.99. The van der Waals surface area contributed by atoms with Crippen LogP contribution in [0.5, 0.6) is 0 Å². The molecule has 0 amide bonds. The van der Waals surface area contributed by atoms with Crippen molar-refractivity contribution in [1.82, 2.24) is 5.32 Å². The number of nitrogens with zero attached hydrogens (tertiary/aromatic N) is 1. The zero-order valence-electron chi connectivity index (χ0n) is 12.0. The van der Waals surface area contributed by atoms with Crippen molar-refractivity contribution in [1.29, 1.82) is 0 Å². The van der Waals surface area contributed by atoms with Gasteiger partial charge in [0.2, 0.25) is 0 Å². The highest BCUT2D eigenvalue weighted by atomic mass is 19.1. The van der Waals surface area contributed by atoms with Gasteiger partial charge in [0.25, 0.3) is 0 Å². The summed E-state index contributed by atoms with van der Waals surface area (Å²) in [5.74, 6) is -0.131. The van der Waals surface area contributed by atoms with Gasteiger partial charge in [-0.25, -0.2) is 4.39 Å². The normalized spacial score (nSPS) is 12.5. The van der Waals surface area contributed by atoms with Gasteiger partial charge in [-0.05, 0) is 37.9 Å². The van der Waals surface area contributed by atoms with E-state index in [4.69, 9.17) is 0 Å². The Balaban J connectivity index is 2.92. The number of hydrogen-bond acceptors (Lipinski definition) is 2. The van der Waals surface area contributed by atoms with Crippen molar-refractivity contribution in [3.8, 4) is 0 Å². The fraction of sp³-hybridized carbons (Fsp3) is 0.600. The molecule has 1 rings (SSSR count). The molecule has 0 spiro atoms. The topological polar surface area (TPSA) is 15.3 Å². The Kier molecular flexibility index (Phi) is 6.13. The SMILES string of the molecule is CCCNCc1cccc(F)c1N(C)C(C)CC. The summed E-state index contributed by atoms with van der Waals surface area (Å²) in [7, 11) is 1.97. The average Bonchev–Trinajstić information content (AvgIpc) is 2.37. The largest absolute Gasteiger partial charge is 0.369 e. The monoisotopic (exact) mass is 252 g/mol. The Morgan fingerprint density at radius 3 is 2.67 bits per heavy atom. The van der Waals surface area contributed by atoms with E-state index in [0.717, 1.165) is 37.2 Å². The zero-order valence-corrected chi connectivity index (χ0v) is 12.0. The number of para-hydroxylation sites is 1. The number of nitrogens with one attached hydrogen (secondary N) is 1. The van der Waals surface area contributed by atoms with Gasteiger partial charge in [-0.2, -0.15) is 0 Å². The van der Waals surface area contributed by atoms with E-state index in [1.54, 1.807) is 6.07 Å². The molecule has 0 bridgehead atoms. The molecule has 1 atom stereocenters. The fourth-order valence-electron chi connectivity index (χ4n) is 1.99. The summed E-state index contributed by atoms with van der Waals surface area (Å²) in [5.41, 5.74) is 1.77. The summed E-state index contributed by atoms with van der Waals surface area (Å²) >= 11 is 0. The van der Waals surface area contributed by atoms with E-state index in [9.17, 15) is 4.39 Å². The van der Waals surface area contributed by atoms with Gasteiger partial charge in [-0.3, -0.25) is 0 Å². The minimum Gasteiger partial charge on any atom is -0.369 e. The van der Waals surface area contributed by atoms with E-state index in [1.807, 2.05) is 18.0 Å². The van der Waals surface area contributed by atoms with Crippen LogP contribution >= 0.6 is 0 Å². The van der Waals surface area contributed by atoms with Gasteiger partial charge >= 0.3 is 0 Å². The number of anilines is 1. The maximum Gasteiger partial charge on any atom is 0.146 e. The molecule has 0 radical (unpaired) electrons. The average molecular weight is 252 g/mol. The summed E-state index contributed by atoms with van der Waals surface area (Å²) in [6.07, 6.45) is 2.10. The van der Waals surface area contributed by atoms with Crippen molar-refractivity contribution < 1.29 is 4.39 Å². The first-order valence-electron chi connectivity index (χ1n) is 6.82. The van der Waals surface area contributed by atoms with Crippen LogP contribution in [0.4, 0.5) is 10.1 Å². The highest BCUT2D eigenvalue weighted by molar-refractivity contribution is 5.55. The van der Waals surface area contributed by atoms with E-state index in [1.165, 1.54) is 6.07 Å². The van der Waals surface area contributed by atoms with Gasteiger partial charge in [-0.1, -0.05) is 26.0 Å². The highest BCUT2D eigenvalue weighted by Crippen LogP contribution is 2.25. The Labute approximate surface area is 110 Å². The molecule has 102 valence electrons. The Morgan fingerprint density at radius 2 is 2.06 bits per heavy atom. The minimum atomic E-state index is -0.131.